The van der Waals surface area contributed by atoms with E-state index >= 15 is 0 Å². The van der Waals surface area contributed by atoms with E-state index in [2.05, 4.69) is 0 Å². The Morgan fingerprint density at radius 2 is 2.00 bits per heavy atom. The first-order valence-corrected chi connectivity index (χ1v) is 7.16. The van der Waals surface area contributed by atoms with Crippen molar-refractivity contribution in [3.05, 3.63) is 65.0 Å². The molecule has 0 fully saturated rings. The number of para-hydroxylation sites is 1. The first-order chi connectivity index (χ1) is 11.5. The molecule has 0 spiro atoms. The zero-order valence-corrected chi connectivity index (χ0v) is 12.5. The number of hydrogen-bond donors (Lipinski definition) is 1. The monoisotopic (exact) mass is 328 g/mol. The van der Waals surface area contributed by atoms with Crippen LogP contribution in [-0.2, 0) is 4.79 Å². The van der Waals surface area contributed by atoms with E-state index in [4.69, 9.17) is 14.6 Å². The third kappa shape index (κ3) is 3.27. The Morgan fingerprint density at radius 1 is 1.25 bits per heavy atom. The number of hydrogen-bond acceptors (Lipinski definition) is 4. The molecule has 6 heteroatoms. The predicted molar refractivity (Wildman–Crippen MR) is 83.8 cm³/mol. The van der Waals surface area contributed by atoms with Gasteiger partial charge in [-0.1, -0.05) is 18.2 Å². The molecule has 0 unspecified atom stereocenters. The lowest BCUT2D eigenvalue weighted by atomic mass is 9.98. The van der Waals surface area contributed by atoms with Crippen molar-refractivity contribution in [3.63, 3.8) is 0 Å². The molecule has 0 aliphatic carbocycles. The van der Waals surface area contributed by atoms with Gasteiger partial charge in [0.15, 0.2) is 24.0 Å². The maximum absolute atomic E-state index is 13.6. The topological polar surface area (TPSA) is 72.8 Å². The molecule has 0 saturated heterocycles. The normalized spacial score (nSPS) is 14.9. The van der Waals surface area contributed by atoms with E-state index in [1.54, 1.807) is 30.3 Å². The third-order valence-electron chi connectivity index (χ3n) is 3.46. The summed E-state index contributed by atoms with van der Waals surface area (Å²) in [6.07, 6.45) is 1.65. The molecule has 24 heavy (non-hydrogen) atoms. The molecule has 0 atom stereocenters. The van der Waals surface area contributed by atoms with Crippen LogP contribution in [0.3, 0.4) is 0 Å². The molecule has 0 amide bonds. The lowest BCUT2D eigenvalue weighted by Crippen LogP contribution is -2.19. The first-order valence-electron chi connectivity index (χ1n) is 7.16. The van der Waals surface area contributed by atoms with Crippen LogP contribution in [0.5, 0.6) is 11.5 Å². The van der Waals surface area contributed by atoms with E-state index in [-0.39, 0.29) is 23.7 Å². The van der Waals surface area contributed by atoms with Gasteiger partial charge in [-0.15, -0.1) is 0 Å². The van der Waals surface area contributed by atoms with E-state index in [0.29, 0.717) is 11.3 Å². The minimum atomic E-state index is -1.06. The van der Waals surface area contributed by atoms with E-state index < -0.39 is 18.4 Å². The number of fused-ring (bicyclic) bond motifs is 1. The SMILES string of the molecule is O=C(O)COc1ccc(C=C2COc3c(F)cccc3C2=O)cc1. The average Bonchev–Trinajstić information content (AvgIpc) is 2.57. The van der Waals surface area contributed by atoms with Crippen molar-refractivity contribution in [2.24, 2.45) is 0 Å². The second-order valence-corrected chi connectivity index (χ2v) is 5.16. The molecule has 0 bridgehead atoms. The molecule has 3 rings (SSSR count). The van der Waals surface area contributed by atoms with Crippen molar-refractivity contribution in [1.82, 2.24) is 0 Å². The van der Waals surface area contributed by atoms with Crippen LogP contribution >= 0.6 is 0 Å². The number of Topliss-reactive ketones (excluding diaryl/α,β-unsaturated/α-hetero) is 1. The smallest absolute Gasteiger partial charge is 0.341 e. The highest BCUT2D eigenvalue weighted by molar-refractivity contribution is 6.14. The molecule has 5 nitrogen and oxygen atoms in total. The van der Waals surface area contributed by atoms with Crippen LogP contribution in [0.15, 0.2) is 48.0 Å². The number of ether oxygens (including phenoxy) is 2. The molecule has 1 N–H and O–H groups in total. The summed E-state index contributed by atoms with van der Waals surface area (Å²) in [7, 11) is 0. The zero-order chi connectivity index (χ0) is 17.1. The van der Waals surface area contributed by atoms with Crippen LogP contribution in [-0.4, -0.2) is 30.1 Å². The summed E-state index contributed by atoms with van der Waals surface area (Å²) < 4.78 is 24.0. The van der Waals surface area contributed by atoms with Crippen LogP contribution < -0.4 is 9.47 Å². The van der Waals surface area contributed by atoms with Gasteiger partial charge in [0.25, 0.3) is 0 Å². The highest BCUT2D eigenvalue weighted by Crippen LogP contribution is 2.30. The largest absolute Gasteiger partial charge is 0.485 e. The molecule has 0 radical (unpaired) electrons. The summed E-state index contributed by atoms with van der Waals surface area (Å²) in [4.78, 5) is 22.9. The molecule has 2 aromatic rings. The van der Waals surface area contributed by atoms with Crippen molar-refractivity contribution in [2.75, 3.05) is 13.2 Å². The summed E-state index contributed by atoms with van der Waals surface area (Å²) in [6.45, 7) is -0.431. The number of benzene rings is 2. The molecule has 0 saturated carbocycles. The number of halogens is 1. The van der Waals surface area contributed by atoms with Crippen molar-refractivity contribution < 1.29 is 28.6 Å². The summed E-state index contributed by atoms with van der Waals surface area (Å²) in [5.74, 6) is -1.49. The Bertz CT molecular complexity index is 824. The average molecular weight is 328 g/mol. The van der Waals surface area contributed by atoms with E-state index in [1.165, 1.54) is 18.2 Å². The summed E-state index contributed by atoms with van der Waals surface area (Å²) >= 11 is 0. The van der Waals surface area contributed by atoms with Gasteiger partial charge in [-0.05, 0) is 35.9 Å². The Hall–Kier alpha value is -3.15. The van der Waals surface area contributed by atoms with Gasteiger partial charge in [-0.3, -0.25) is 4.79 Å². The Morgan fingerprint density at radius 3 is 2.71 bits per heavy atom. The van der Waals surface area contributed by atoms with Crippen LogP contribution in [0.25, 0.3) is 6.08 Å². The maximum Gasteiger partial charge on any atom is 0.341 e. The molecule has 1 aliphatic heterocycles. The Balaban J connectivity index is 1.79. The zero-order valence-electron chi connectivity index (χ0n) is 12.5. The highest BCUT2D eigenvalue weighted by atomic mass is 19.1. The Labute approximate surface area is 136 Å². The Kier molecular flexibility index (Phi) is 4.29. The second-order valence-electron chi connectivity index (χ2n) is 5.16. The van der Waals surface area contributed by atoms with Crippen molar-refractivity contribution in [3.8, 4) is 11.5 Å². The summed E-state index contributed by atoms with van der Waals surface area (Å²) in [5, 5.41) is 8.56. The third-order valence-corrected chi connectivity index (χ3v) is 3.46. The van der Waals surface area contributed by atoms with Gasteiger partial charge in [0.2, 0.25) is 0 Å². The van der Waals surface area contributed by atoms with Gasteiger partial charge in [0, 0.05) is 5.57 Å². The van der Waals surface area contributed by atoms with E-state index in [9.17, 15) is 14.0 Å². The van der Waals surface area contributed by atoms with Gasteiger partial charge in [-0.25, -0.2) is 9.18 Å². The molecule has 1 aliphatic rings. The fraction of sp³-hybridized carbons (Fsp3) is 0.111. The fourth-order valence-electron chi connectivity index (χ4n) is 2.34. The number of carbonyl (C=O) groups excluding carboxylic acids is 1. The molecule has 0 aromatic heterocycles. The maximum atomic E-state index is 13.6. The van der Waals surface area contributed by atoms with Gasteiger partial charge in [0.05, 0.1) is 5.56 Å². The minimum absolute atomic E-state index is 0.00989. The number of aliphatic carboxylic acids is 1. The van der Waals surface area contributed by atoms with Gasteiger partial charge >= 0.3 is 5.97 Å². The summed E-state index contributed by atoms with van der Waals surface area (Å²) in [5.41, 5.74) is 1.34. The van der Waals surface area contributed by atoms with Crippen molar-refractivity contribution in [2.45, 2.75) is 0 Å². The van der Waals surface area contributed by atoms with Crippen molar-refractivity contribution in [1.29, 1.82) is 0 Å². The lowest BCUT2D eigenvalue weighted by Gasteiger charge is -2.19. The number of rotatable bonds is 4. The highest BCUT2D eigenvalue weighted by Gasteiger charge is 2.25. The number of carboxylic acid groups (broad SMARTS) is 1. The van der Waals surface area contributed by atoms with E-state index in [0.717, 1.165) is 5.56 Å². The van der Waals surface area contributed by atoms with E-state index in [1.807, 2.05) is 0 Å². The van der Waals surface area contributed by atoms with Gasteiger partial charge in [0.1, 0.15) is 12.4 Å². The first kappa shape index (κ1) is 15.7. The molecule has 2 aromatic carbocycles. The number of ketones is 1. The lowest BCUT2D eigenvalue weighted by molar-refractivity contribution is -0.139. The molecule has 1 heterocycles. The molecular formula is C18H13FO5. The standard InChI is InChI=1S/C18H13FO5/c19-15-3-1-2-14-17(22)12(9-24-18(14)15)8-11-4-6-13(7-5-11)23-10-16(20)21/h1-8H,9-10H2,(H,20,21). The second kappa shape index (κ2) is 6.54. The van der Waals surface area contributed by atoms with Crippen LogP contribution in [0.2, 0.25) is 0 Å². The predicted octanol–water partition coefficient (Wildman–Crippen LogP) is 2.95. The van der Waals surface area contributed by atoms with Crippen LogP contribution in [0.4, 0.5) is 4.39 Å². The minimum Gasteiger partial charge on any atom is -0.485 e. The number of carboxylic acids is 1. The van der Waals surface area contributed by atoms with Crippen LogP contribution in [0.1, 0.15) is 15.9 Å². The van der Waals surface area contributed by atoms with Gasteiger partial charge < -0.3 is 14.6 Å². The van der Waals surface area contributed by atoms with Gasteiger partial charge in [-0.2, -0.15) is 0 Å². The summed E-state index contributed by atoms with van der Waals surface area (Å²) in [6, 6.07) is 10.8. The molecule has 122 valence electrons. The van der Waals surface area contributed by atoms with Crippen molar-refractivity contribution >= 4 is 17.8 Å². The van der Waals surface area contributed by atoms with Crippen LogP contribution in [0, 0.1) is 5.82 Å². The quantitative estimate of drug-likeness (QED) is 0.874. The fourth-order valence-corrected chi connectivity index (χ4v) is 2.34. The molecular weight excluding hydrogens is 315 g/mol. The number of carbonyl (C=O) groups is 2.